The van der Waals surface area contributed by atoms with Crippen LogP contribution in [-0.2, 0) is 14.8 Å². The van der Waals surface area contributed by atoms with Gasteiger partial charge in [0.2, 0.25) is 10.0 Å². The molecule has 8 heteroatoms. The molecule has 0 spiro atoms. The first-order valence-corrected chi connectivity index (χ1v) is 8.85. The highest BCUT2D eigenvalue weighted by atomic mass is 32.2. The molecule has 0 amide bonds. The highest BCUT2D eigenvalue weighted by molar-refractivity contribution is 7.89. The molecule has 2 fully saturated rings. The molecule has 1 heterocycles. The Morgan fingerprint density at radius 2 is 2.04 bits per heavy atom. The number of ether oxygens (including phenoxy) is 1. The van der Waals surface area contributed by atoms with E-state index in [1.54, 1.807) is 0 Å². The zero-order valence-corrected chi connectivity index (χ0v) is 13.4. The van der Waals surface area contributed by atoms with Crippen molar-refractivity contribution >= 4 is 16.0 Å². The number of hydrogen-bond acceptors (Lipinski definition) is 4. The topological polar surface area (TPSA) is 83.9 Å². The summed E-state index contributed by atoms with van der Waals surface area (Å²) in [5.41, 5.74) is 0. The minimum Gasteiger partial charge on any atom is -0.494 e. The Labute approximate surface area is 133 Å². The molecule has 23 heavy (non-hydrogen) atoms. The molecule has 126 valence electrons. The molecular weight excluding hydrogens is 325 g/mol. The fourth-order valence-electron chi connectivity index (χ4n) is 3.21. The standard InChI is InChI=1S/C15H18FNO5S/c1-22-14-5-4-10(6-13(14)16)23(20,21)17-7-11(9-2-3-9)12(8-17)15(18)19/h4-6,9,11-12H,2-3,7-8H2,1H3,(H,18,19)/t11-,12+/m0/s1. The van der Waals surface area contributed by atoms with E-state index in [1.807, 2.05) is 0 Å². The number of carboxylic acids is 1. The van der Waals surface area contributed by atoms with Crippen molar-refractivity contribution < 1.29 is 27.4 Å². The van der Waals surface area contributed by atoms with E-state index in [1.165, 1.54) is 19.2 Å². The number of methoxy groups -OCH3 is 1. The summed E-state index contributed by atoms with van der Waals surface area (Å²) < 4.78 is 45.1. The smallest absolute Gasteiger partial charge is 0.308 e. The average Bonchev–Trinajstić information content (AvgIpc) is 3.24. The van der Waals surface area contributed by atoms with Gasteiger partial charge in [0.1, 0.15) is 0 Å². The number of rotatable bonds is 5. The van der Waals surface area contributed by atoms with Gasteiger partial charge >= 0.3 is 5.97 Å². The minimum atomic E-state index is -3.92. The molecule has 2 aliphatic rings. The van der Waals surface area contributed by atoms with Crippen LogP contribution in [0.1, 0.15) is 12.8 Å². The lowest BCUT2D eigenvalue weighted by atomic mass is 9.92. The number of carbonyl (C=O) groups is 1. The van der Waals surface area contributed by atoms with Gasteiger partial charge in [-0.25, -0.2) is 12.8 Å². The Morgan fingerprint density at radius 3 is 2.57 bits per heavy atom. The predicted octanol–water partition coefficient (Wildman–Crippen LogP) is 1.57. The number of benzene rings is 1. The molecule has 0 unspecified atom stereocenters. The van der Waals surface area contributed by atoms with Gasteiger partial charge in [-0.15, -0.1) is 0 Å². The van der Waals surface area contributed by atoms with Crippen LogP contribution < -0.4 is 4.74 Å². The highest BCUT2D eigenvalue weighted by Crippen LogP contribution is 2.45. The van der Waals surface area contributed by atoms with E-state index in [9.17, 15) is 22.7 Å². The SMILES string of the molecule is COc1ccc(S(=O)(=O)N2C[C@@H](C(=O)O)[C@H](C3CC3)C2)cc1F. The molecule has 0 radical (unpaired) electrons. The van der Waals surface area contributed by atoms with Gasteiger partial charge in [0.15, 0.2) is 11.6 Å². The summed E-state index contributed by atoms with van der Waals surface area (Å²) in [7, 11) is -2.62. The Kier molecular flexibility index (Phi) is 4.05. The molecule has 1 saturated heterocycles. The summed E-state index contributed by atoms with van der Waals surface area (Å²) in [6, 6.07) is 3.44. The fraction of sp³-hybridized carbons (Fsp3) is 0.533. The number of carboxylic acid groups (broad SMARTS) is 1. The lowest BCUT2D eigenvalue weighted by Gasteiger charge is -2.16. The Balaban J connectivity index is 1.88. The van der Waals surface area contributed by atoms with Gasteiger partial charge in [-0.05, 0) is 42.9 Å². The Hall–Kier alpha value is -1.67. The van der Waals surface area contributed by atoms with E-state index in [0.717, 1.165) is 23.2 Å². The number of hydrogen-bond donors (Lipinski definition) is 1. The van der Waals surface area contributed by atoms with Crippen LogP contribution >= 0.6 is 0 Å². The van der Waals surface area contributed by atoms with Crippen molar-refractivity contribution in [2.45, 2.75) is 17.7 Å². The maximum Gasteiger partial charge on any atom is 0.308 e. The molecule has 6 nitrogen and oxygen atoms in total. The molecule has 1 saturated carbocycles. The number of halogens is 1. The van der Waals surface area contributed by atoms with Crippen molar-refractivity contribution in [2.75, 3.05) is 20.2 Å². The predicted molar refractivity (Wildman–Crippen MR) is 79.1 cm³/mol. The summed E-state index contributed by atoms with van der Waals surface area (Å²) in [6.45, 7) is 0.115. The van der Waals surface area contributed by atoms with Crippen molar-refractivity contribution in [1.29, 1.82) is 0 Å². The van der Waals surface area contributed by atoms with Crippen LogP contribution in [0.5, 0.6) is 5.75 Å². The van der Waals surface area contributed by atoms with Gasteiger partial charge in [0.25, 0.3) is 0 Å². The van der Waals surface area contributed by atoms with Crippen molar-refractivity contribution in [2.24, 2.45) is 17.8 Å². The summed E-state index contributed by atoms with van der Waals surface area (Å²) in [5.74, 6) is -2.35. The molecule has 1 aromatic rings. The summed E-state index contributed by atoms with van der Waals surface area (Å²) in [4.78, 5) is 11.2. The Bertz CT molecular complexity index is 731. The Morgan fingerprint density at radius 1 is 1.35 bits per heavy atom. The maximum atomic E-state index is 13.8. The lowest BCUT2D eigenvalue weighted by Crippen LogP contribution is -2.30. The van der Waals surface area contributed by atoms with Crippen LogP contribution in [0.15, 0.2) is 23.1 Å². The third-order valence-electron chi connectivity index (χ3n) is 4.64. The second kappa shape index (κ2) is 5.76. The van der Waals surface area contributed by atoms with Crippen molar-refractivity contribution in [3.63, 3.8) is 0 Å². The molecule has 1 aliphatic carbocycles. The van der Waals surface area contributed by atoms with E-state index >= 15 is 0 Å². The highest BCUT2D eigenvalue weighted by Gasteiger charge is 2.48. The largest absolute Gasteiger partial charge is 0.494 e. The molecule has 1 aliphatic heterocycles. The summed E-state index contributed by atoms with van der Waals surface area (Å²) in [6.07, 6.45) is 1.89. The first-order valence-electron chi connectivity index (χ1n) is 7.41. The van der Waals surface area contributed by atoms with Crippen LogP contribution in [0, 0.1) is 23.6 Å². The second-order valence-corrected chi connectivity index (χ2v) is 8.00. The third kappa shape index (κ3) is 2.92. The minimum absolute atomic E-state index is 0.0374. The summed E-state index contributed by atoms with van der Waals surface area (Å²) in [5, 5.41) is 9.33. The molecule has 0 bridgehead atoms. The average molecular weight is 343 g/mol. The number of aliphatic carboxylic acids is 1. The van der Waals surface area contributed by atoms with Gasteiger partial charge in [-0.3, -0.25) is 4.79 Å². The monoisotopic (exact) mass is 343 g/mol. The third-order valence-corrected chi connectivity index (χ3v) is 6.46. The first kappa shape index (κ1) is 16.2. The maximum absolute atomic E-state index is 13.8. The van der Waals surface area contributed by atoms with E-state index in [-0.39, 0.29) is 35.6 Å². The van der Waals surface area contributed by atoms with E-state index in [4.69, 9.17) is 4.74 Å². The molecule has 1 aromatic carbocycles. The zero-order chi connectivity index (χ0) is 16.8. The van der Waals surface area contributed by atoms with Gasteiger partial charge in [-0.2, -0.15) is 4.31 Å². The van der Waals surface area contributed by atoms with Gasteiger partial charge < -0.3 is 9.84 Å². The van der Waals surface area contributed by atoms with E-state index in [0.29, 0.717) is 0 Å². The van der Waals surface area contributed by atoms with Crippen LogP contribution in [0.3, 0.4) is 0 Å². The first-order chi connectivity index (χ1) is 10.8. The number of sulfonamides is 1. The normalized spacial score (nSPS) is 25.5. The van der Waals surface area contributed by atoms with Gasteiger partial charge in [0.05, 0.1) is 17.9 Å². The molecule has 2 atom stereocenters. The molecule has 0 aromatic heterocycles. The van der Waals surface area contributed by atoms with Gasteiger partial charge in [-0.1, -0.05) is 0 Å². The fourth-order valence-corrected chi connectivity index (χ4v) is 4.72. The quantitative estimate of drug-likeness (QED) is 0.877. The molecule has 1 N–H and O–H groups in total. The van der Waals surface area contributed by atoms with Gasteiger partial charge in [0, 0.05) is 13.1 Å². The molecule has 3 rings (SSSR count). The molecular formula is C15H18FNO5S. The van der Waals surface area contributed by atoms with Crippen LogP contribution in [0.25, 0.3) is 0 Å². The summed E-state index contributed by atoms with van der Waals surface area (Å²) >= 11 is 0. The second-order valence-electron chi connectivity index (χ2n) is 6.06. The van der Waals surface area contributed by atoms with Crippen LogP contribution in [-0.4, -0.2) is 44.0 Å². The van der Waals surface area contributed by atoms with E-state index in [2.05, 4.69) is 0 Å². The van der Waals surface area contributed by atoms with E-state index < -0.39 is 27.7 Å². The van der Waals surface area contributed by atoms with Crippen molar-refractivity contribution in [1.82, 2.24) is 4.31 Å². The van der Waals surface area contributed by atoms with Crippen molar-refractivity contribution in [3.8, 4) is 5.75 Å². The number of nitrogens with zero attached hydrogens (tertiary/aromatic N) is 1. The van der Waals surface area contributed by atoms with Crippen LogP contribution in [0.2, 0.25) is 0 Å². The van der Waals surface area contributed by atoms with Crippen molar-refractivity contribution in [3.05, 3.63) is 24.0 Å². The lowest BCUT2D eigenvalue weighted by molar-refractivity contribution is -0.142. The van der Waals surface area contributed by atoms with Crippen LogP contribution in [0.4, 0.5) is 4.39 Å². The zero-order valence-electron chi connectivity index (χ0n) is 12.6.